The van der Waals surface area contributed by atoms with Gasteiger partial charge in [-0.25, -0.2) is 9.59 Å². The summed E-state index contributed by atoms with van der Waals surface area (Å²) in [6.45, 7) is 4.75. The van der Waals surface area contributed by atoms with Crippen molar-refractivity contribution < 1.29 is 24.2 Å². The highest BCUT2D eigenvalue weighted by Gasteiger charge is 1.98. The van der Waals surface area contributed by atoms with E-state index >= 15 is 0 Å². The zero-order chi connectivity index (χ0) is 13.0. The topological polar surface area (TPSA) is 72.8 Å². The highest BCUT2D eigenvalue weighted by atomic mass is 35.5. The standard InChI is InChI=1S/C6H10O3.C4H5ClO2/c1-3-6(8)9-4-5(2)7;1-7-4(6)2-3-5/h3,5,7H,1,4H2,2H3;2-3H,1H3. The van der Waals surface area contributed by atoms with Gasteiger partial charge >= 0.3 is 11.9 Å². The van der Waals surface area contributed by atoms with Gasteiger partial charge < -0.3 is 14.6 Å². The van der Waals surface area contributed by atoms with Crippen molar-refractivity contribution in [2.45, 2.75) is 13.0 Å². The van der Waals surface area contributed by atoms with Crippen LogP contribution in [0.2, 0.25) is 0 Å². The number of esters is 2. The second-order valence-corrected chi connectivity index (χ2v) is 2.75. The molecule has 5 nitrogen and oxygen atoms in total. The number of methoxy groups -OCH3 is 1. The summed E-state index contributed by atoms with van der Waals surface area (Å²) >= 11 is 4.99. The van der Waals surface area contributed by atoms with Gasteiger partial charge in [0.2, 0.25) is 0 Å². The number of aliphatic hydroxyl groups excluding tert-OH is 1. The molecule has 6 heteroatoms. The maximum atomic E-state index is 10.3. The molecule has 0 saturated carbocycles. The first kappa shape index (κ1) is 17.1. The van der Waals surface area contributed by atoms with Crippen molar-refractivity contribution in [1.29, 1.82) is 0 Å². The van der Waals surface area contributed by atoms with Gasteiger partial charge in [-0.3, -0.25) is 0 Å². The molecule has 0 spiro atoms. The average molecular weight is 251 g/mol. The summed E-state index contributed by atoms with van der Waals surface area (Å²) in [5.41, 5.74) is 1.10. The number of hydrogen-bond acceptors (Lipinski definition) is 5. The monoisotopic (exact) mass is 250 g/mol. The molecule has 0 fully saturated rings. The van der Waals surface area contributed by atoms with Crippen LogP contribution in [0.15, 0.2) is 24.3 Å². The quantitative estimate of drug-likeness (QED) is 0.595. The third-order valence-electron chi connectivity index (χ3n) is 1.03. The minimum atomic E-state index is -0.603. The van der Waals surface area contributed by atoms with Gasteiger partial charge in [0, 0.05) is 17.7 Å². The highest BCUT2D eigenvalue weighted by molar-refractivity contribution is 6.26. The lowest BCUT2D eigenvalue weighted by Crippen LogP contribution is -2.13. The van der Waals surface area contributed by atoms with E-state index in [0.29, 0.717) is 0 Å². The predicted molar refractivity (Wildman–Crippen MR) is 59.8 cm³/mol. The molecule has 0 aromatic heterocycles. The van der Waals surface area contributed by atoms with E-state index in [4.69, 9.17) is 16.7 Å². The van der Waals surface area contributed by atoms with Crippen molar-refractivity contribution in [3.8, 4) is 0 Å². The zero-order valence-corrected chi connectivity index (χ0v) is 9.94. The Kier molecular flexibility index (Phi) is 12.5. The lowest BCUT2D eigenvalue weighted by atomic mass is 10.4. The Morgan fingerprint density at radius 2 is 2.06 bits per heavy atom. The number of ether oxygens (including phenoxy) is 2. The molecule has 0 aliphatic carbocycles. The number of carbonyl (C=O) groups excluding carboxylic acids is 2. The Morgan fingerprint density at radius 1 is 1.50 bits per heavy atom. The van der Waals surface area contributed by atoms with Gasteiger partial charge in [-0.05, 0) is 6.92 Å². The van der Waals surface area contributed by atoms with Gasteiger partial charge in [-0.2, -0.15) is 0 Å². The molecule has 0 aromatic rings. The van der Waals surface area contributed by atoms with Crippen molar-refractivity contribution in [3.05, 3.63) is 24.3 Å². The van der Waals surface area contributed by atoms with Crippen LogP contribution >= 0.6 is 11.6 Å². The normalized spacial score (nSPS) is 11.0. The summed E-state index contributed by atoms with van der Waals surface area (Å²) < 4.78 is 8.63. The number of hydrogen-bond donors (Lipinski definition) is 1. The fourth-order valence-electron chi connectivity index (χ4n) is 0.381. The Bertz CT molecular complexity index is 248. The van der Waals surface area contributed by atoms with E-state index < -0.39 is 18.0 Å². The summed E-state index contributed by atoms with van der Waals surface area (Å²) in [4.78, 5) is 20.3. The van der Waals surface area contributed by atoms with Crippen LogP contribution in [0.3, 0.4) is 0 Å². The van der Waals surface area contributed by atoms with Crippen molar-refractivity contribution in [1.82, 2.24) is 0 Å². The van der Waals surface area contributed by atoms with Crippen LogP contribution in [0.25, 0.3) is 0 Å². The average Bonchev–Trinajstić information content (AvgIpc) is 2.26. The summed E-state index contributed by atoms with van der Waals surface area (Å²) in [6, 6.07) is 0. The molecule has 0 amide bonds. The van der Waals surface area contributed by atoms with Gasteiger partial charge in [0.25, 0.3) is 0 Å². The van der Waals surface area contributed by atoms with Gasteiger partial charge in [0.1, 0.15) is 6.61 Å². The Balaban J connectivity index is 0. The molecule has 1 atom stereocenters. The Morgan fingerprint density at radius 3 is 2.31 bits per heavy atom. The summed E-state index contributed by atoms with van der Waals surface area (Å²) in [5, 5.41) is 8.59. The largest absolute Gasteiger partial charge is 0.466 e. The maximum absolute atomic E-state index is 10.3. The first-order valence-corrected chi connectivity index (χ1v) is 4.73. The SMILES string of the molecule is C=CC(=O)OCC(C)O.COC(=O)C=CCl. The third kappa shape index (κ3) is 15.2. The van der Waals surface area contributed by atoms with Gasteiger partial charge in [0.15, 0.2) is 0 Å². The molecule has 0 bridgehead atoms. The highest BCUT2D eigenvalue weighted by Crippen LogP contribution is 1.83. The summed E-state index contributed by atoms with van der Waals surface area (Å²) in [7, 11) is 1.29. The van der Waals surface area contributed by atoms with Crippen LogP contribution in [0.1, 0.15) is 6.92 Å². The van der Waals surface area contributed by atoms with E-state index in [1.54, 1.807) is 0 Å². The molecule has 0 aliphatic rings. The first-order valence-electron chi connectivity index (χ1n) is 4.29. The van der Waals surface area contributed by atoms with E-state index in [9.17, 15) is 9.59 Å². The molecule has 1 unspecified atom stereocenters. The summed E-state index contributed by atoms with van der Waals surface area (Å²) in [6.07, 6.45) is 1.58. The van der Waals surface area contributed by atoms with Gasteiger partial charge in [-0.1, -0.05) is 18.2 Å². The molecule has 0 heterocycles. The lowest BCUT2D eigenvalue weighted by molar-refractivity contribution is -0.140. The van der Waals surface area contributed by atoms with Crippen molar-refractivity contribution in [2.24, 2.45) is 0 Å². The molecule has 0 rings (SSSR count). The van der Waals surface area contributed by atoms with Crippen LogP contribution in [0.5, 0.6) is 0 Å². The molecule has 92 valence electrons. The summed E-state index contributed by atoms with van der Waals surface area (Å²) in [5.74, 6) is -0.939. The van der Waals surface area contributed by atoms with E-state index in [1.165, 1.54) is 14.0 Å². The van der Waals surface area contributed by atoms with Crippen LogP contribution in [-0.2, 0) is 19.1 Å². The molecule has 0 aliphatic heterocycles. The molecule has 0 radical (unpaired) electrons. The van der Waals surface area contributed by atoms with E-state index in [1.807, 2.05) is 0 Å². The van der Waals surface area contributed by atoms with Crippen LogP contribution < -0.4 is 0 Å². The van der Waals surface area contributed by atoms with E-state index in [-0.39, 0.29) is 6.61 Å². The molecule has 16 heavy (non-hydrogen) atoms. The molecular formula is C10H15ClO5. The second-order valence-electron chi connectivity index (χ2n) is 2.50. The number of aliphatic hydroxyl groups is 1. The Labute approximate surface area is 99.3 Å². The Hall–Kier alpha value is -1.33. The lowest BCUT2D eigenvalue weighted by Gasteiger charge is -2.02. The van der Waals surface area contributed by atoms with Crippen LogP contribution in [0.4, 0.5) is 0 Å². The molecule has 0 saturated heterocycles. The fraction of sp³-hybridized carbons (Fsp3) is 0.400. The maximum Gasteiger partial charge on any atom is 0.331 e. The van der Waals surface area contributed by atoms with Gasteiger partial charge in [0.05, 0.1) is 13.2 Å². The minimum absolute atomic E-state index is 0.0326. The van der Waals surface area contributed by atoms with Crippen molar-refractivity contribution in [2.75, 3.05) is 13.7 Å². The van der Waals surface area contributed by atoms with Crippen LogP contribution in [-0.4, -0.2) is 36.9 Å². The molecule has 0 aromatic carbocycles. The number of rotatable bonds is 4. The van der Waals surface area contributed by atoms with Crippen molar-refractivity contribution >= 4 is 23.5 Å². The minimum Gasteiger partial charge on any atom is -0.466 e. The zero-order valence-electron chi connectivity index (χ0n) is 9.18. The second kappa shape index (κ2) is 11.7. The molecular weight excluding hydrogens is 236 g/mol. The third-order valence-corrected chi connectivity index (χ3v) is 1.16. The van der Waals surface area contributed by atoms with Gasteiger partial charge in [-0.15, -0.1) is 0 Å². The van der Waals surface area contributed by atoms with E-state index in [0.717, 1.165) is 17.7 Å². The molecule has 1 N–H and O–H groups in total. The predicted octanol–water partition coefficient (Wildman–Crippen LogP) is 1.01. The first-order chi connectivity index (χ1) is 7.47. The van der Waals surface area contributed by atoms with Crippen LogP contribution in [0, 0.1) is 0 Å². The van der Waals surface area contributed by atoms with E-state index in [2.05, 4.69) is 16.1 Å². The number of carbonyl (C=O) groups is 2. The van der Waals surface area contributed by atoms with Crippen molar-refractivity contribution in [3.63, 3.8) is 0 Å². The fourth-order valence-corrected chi connectivity index (χ4v) is 0.484. The smallest absolute Gasteiger partial charge is 0.331 e. The number of halogens is 1.